The Kier molecular flexibility index (Phi) is 10.8. The molecule has 2 saturated carbocycles. The van der Waals surface area contributed by atoms with E-state index in [1.165, 1.54) is 12.7 Å². The molecular formula is C44H49N7O5. The van der Waals surface area contributed by atoms with Gasteiger partial charge in [0.2, 0.25) is 11.8 Å². The molecule has 4 aliphatic rings. The maximum absolute atomic E-state index is 13.7. The number of hydrazine groups is 1. The Morgan fingerprint density at radius 2 is 1.66 bits per heavy atom. The van der Waals surface area contributed by atoms with Crippen LogP contribution in [0.2, 0.25) is 0 Å². The van der Waals surface area contributed by atoms with Crippen molar-refractivity contribution in [2.45, 2.75) is 64.0 Å². The molecule has 12 heteroatoms. The third-order valence-corrected chi connectivity index (χ3v) is 12.5. The summed E-state index contributed by atoms with van der Waals surface area (Å²) in [6.07, 6.45) is 12.5. The third-order valence-electron chi connectivity index (χ3n) is 12.5. The number of fused-ring (bicyclic) bond motifs is 2. The second kappa shape index (κ2) is 16.2. The number of carbonyl (C=O) groups excluding carboxylic acids is 3. The number of anilines is 1. The van der Waals surface area contributed by atoms with E-state index in [0.717, 1.165) is 83.7 Å². The van der Waals surface area contributed by atoms with Crippen LogP contribution in [-0.2, 0) is 23.9 Å². The molecule has 1 saturated heterocycles. The van der Waals surface area contributed by atoms with Crippen molar-refractivity contribution in [1.82, 2.24) is 25.3 Å². The number of aromatic amines is 1. The smallest absolute Gasteiger partial charge is 0.306 e. The van der Waals surface area contributed by atoms with E-state index < -0.39 is 18.0 Å². The zero-order valence-corrected chi connectivity index (χ0v) is 32.1. The number of H-pyrrole nitrogens is 1. The summed E-state index contributed by atoms with van der Waals surface area (Å²) < 4.78 is 10.3. The van der Waals surface area contributed by atoms with E-state index in [1.54, 1.807) is 26.4 Å². The zero-order valence-electron chi connectivity index (χ0n) is 32.1. The van der Waals surface area contributed by atoms with E-state index in [9.17, 15) is 14.4 Å². The van der Waals surface area contributed by atoms with E-state index in [2.05, 4.69) is 69.4 Å². The first-order valence-corrected chi connectivity index (χ1v) is 19.7. The van der Waals surface area contributed by atoms with Gasteiger partial charge in [-0.25, -0.2) is 4.98 Å². The molecule has 290 valence electrons. The van der Waals surface area contributed by atoms with Crippen LogP contribution >= 0.6 is 0 Å². The first-order chi connectivity index (χ1) is 27.3. The molecule has 4 heterocycles. The fraction of sp³-hybridized carbons (Fsp3) is 0.409. The van der Waals surface area contributed by atoms with Crippen LogP contribution in [0.25, 0.3) is 28.0 Å². The number of methoxy groups -OCH3 is 2. The number of esters is 1. The molecule has 2 aromatic heterocycles. The van der Waals surface area contributed by atoms with Crippen molar-refractivity contribution in [3.63, 3.8) is 0 Å². The topological polar surface area (TPSA) is 151 Å². The van der Waals surface area contributed by atoms with Gasteiger partial charge < -0.3 is 19.4 Å². The molecule has 56 heavy (non-hydrogen) atoms. The quantitative estimate of drug-likeness (QED) is 0.0975. The summed E-state index contributed by atoms with van der Waals surface area (Å²) in [5.41, 5.74) is 14.3. The van der Waals surface area contributed by atoms with Crippen LogP contribution in [0, 0.1) is 29.6 Å². The molecule has 0 spiro atoms. The number of hydrogen-bond acceptors (Lipinski definition) is 9. The van der Waals surface area contributed by atoms with Gasteiger partial charge in [0.25, 0.3) is 0 Å². The van der Waals surface area contributed by atoms with Crippen molar-refractivity contribution in [2.75, 3.05) is 26.2 Å². The first kappa shape index (κ1) is 37.3. The molecule has 2 aromatic carbocycles. The normalized spacial score (nSPS) is 23.7. The number of likely N-dealkylation sites (tertiary alicyclic amines) is 1. The minimum absolute atomic E-state index is 0.0326. The van der Waals surface area contributed by atoms with Crippen LogP contribution in [0.5, 0.6) is 0 Å². The predicted molar refractivity (Wildman–Crippen MR) is 214 cm³/mol. The van der Waals surface area contributed by atoms with Gasteiger partial charge in [0, 0.05) is 44.1 Å². The highest BCUT2D eigenvalue weighted by Crippen LogP contribution is 2.54. The SMILES string of the molecule is COC(=O)C[C@H](C(=O)N1CCC[C@H]1c1ncc(-c2ccc(-c3ccc(C4=CN=C(C5C6CCC(C6)[C@@H]5C(=O)NNc5cccnc5)C4)cc3)cc2)[nH]1)[C@@H](C)OC. The standard InChI is InChI=1S/C44H49N7O5/c1-26(55-2)35(22-39(52)56-3)44(54)51-19-5-7-38(51)42-47-25-37(48-42)30-14-12-28(13-15-30)27-8-10-29(11-9-27)33-21-36(46-23-33)40-31-16-17-32(20-31)41(40)43(53)50-49-34-6-4-18-45-24-34/h4,6,8-15,18,23-26,31-32,35,38,40-41,49H,5,7,16-17,19-22H2,1-3H3,(H,47,48)(H,50,53)/t26-,31?,32?,35+,38+,40?,41+/m1/s1. The van der Waals surface area contributed by atoms with Gasteiger partial charge >= 0.3 is 5.97 Å². The molecule has 3 unspecified atom stereocenters. The monoisotopic (exact) mass is 755 g/mol. The second-order valence-corrected chi connectivity index (χ2v) is 15.5. The number of rotatable bonds is 13. The Labute approximate surface area is 327 Å². The number of ether oxygens (including phenoxy) is 2. The largest absolute Gasteiger partial charge is 0.469 e. The Bertz CT molecular complexity index is 2110. The van der Waals surface area contributed by atoms with Gasteiger partial charge in [0.05, 0.1) is 61.3 Å². The van der Waals surface area contributed by atoms with E-state index in [4.69, 9.17) is 19.5 Å². The van der Waals surface area contributed by atoms with Gasteiger partial charge in [-0.15, -0.1) is 0 Å². The van der Waals surface area contributed by atoms with E-state index in [0.29, 0.717) is 18.4 Å². The number of nitrogens with zero attached hydrogens (tertiary/aromatic N) is 4. The summed E-state index contributed by atoms with van der Waals surface area (Å²) >= 11 is 0. The molecule has 8 rings (SSSR count). The van der Waals surface area contributed by atoms with Crippen molar-refractivity contribution in [2.24, 2.45) is 34.6 Å². The Morgan fingerprint density at radius 1 is 0.929 bits per heavy atom. The van der Waals surface area contributed by atoms with Gasteiger partial charge in [-0.3, -0.25) is 35.2 Å². The van der Waals surface area contributed by atoms with Crippen LogP contribution in [0.1, 0.15) is 69.3 Å². The number of amides is 2. The number of aliphatic imine (C=N–C) groups is 1. The number of nitrogens with one attached hydrogen (secondary N) is 3. The average molecular weight is 756 g/mol. The summed E-state index contributed by atoms with van der Waals surface area (Å²) in [5, 5.41) is 0. The number of allylic oxidation sites excluding steroid dienone is 1. The number of imidazole rings is 1. The van der Waals surface area contributed by atoms with Crippen molar-refractivity contribution in [3.8, 4) is 22.4 Å². The summed E-state index contributed by atoms with van der Waals surface area (Å²) in [5.74, 6) is 0.567. The molecular weight excluding hydrogens is 707 g/mol. The number of pyridine rings is 1. The number of benzene rings is 2. The van der Waals surface area contributed by atoms with Gasteiger partial charge in [0.15, 0.2) is 0 Å². The summed E-state index contributed by atoms with van der Waals surface area (Å²) in [6, 6.07) is 20.5. The van der Waals surface area contributed by atoms with Crippen LogP contribution < -0.4 is 10.9 Å². The number of hydrogen-bond donors (Lipinski definition) is 3. The van der Waals surface area contributed by atoms with Crippen LogP contribution in [0.4, 0.5) is 5.69 Å². The molecule has 2 aliphatic carbocycles. The third kappa shape index (κ3) is 7.49. The van der Waals surface area contributed by atoms with Crippen molar-refractivity contribution >= 4 is 34.8 Å². The maximum Gasteiger partial charge on any atom is 0.306 e. The molecule has 2 amide bonds. The molecule has 2 bridgehead atoms. The highest BCUT2D eigenvalue weighted by atomic mass is 16.5. The fourth-order valence-electron chi connectivity index (χ4n) is 9.41. The Morgan fingerprint density at radius 3 is 2.38 bits per heavy atom. The van der Waals surface area contributed by atoms with E-state index in [-0.39, 0.29) is 36.1 Å². The van der Waals surface area contributed by atoms with E-state index in [1.807, 2.05) is 29.4 Å². The molecule has 0 radical (unpaired) electrons. The van der Waals surface area contributed by atoms with E-state index >= 15 is 0 Å². The van der Waals surface area contributed by atoms with Gasteiger partial charge in [-0.2, -0.15) is 0 Å². The fourth-order valence-corrected chi connectivity index (χ4v) is 9.41. The molecule has 7 atom stereocenters. The van der Waals surface area contributed by atoms with Crippen molar-refractivity contribution in [3.05, 3.63) is 96.8 Å². The maximum atomic E-state index is 13.7. The highest BCUT2D eigenvalue weighted by molar-refractivity contribution is 6.02. The summed E-state index contributed by atoms with van der Waals surface area (Å²) in [7, 11) is 2.88. The van der Waals surface area contributed by atoms with Crippen molar-refractivity contribution < 1.29 is 23.9 Å². The predicted octanol–water partition coefficient (Wildman–Crippen LogP) is 7.01. The van der Waals surface area contributed by atoms with Gasteiger partial charge in [-0.05, 0) is 90.8 Å². The zero-order chi connectivity index (χ0) is 38.8. The summed E-state index contributed by atoms with van der Waals surface area (Å²) in [6.45, 7) is 2.40. The molecule has 4 aromatic rings. The Hall–Kier alpha value is -5.62. The first-order valence-electron chi connectivity index (χ1n) is 19.7. The minimum Gasteiger partial charge on any atom is -0.469 e. The lowest BCUT2D eigenvalue weighted by Crippen LogP contribution is -2.43. The molecule has 2 aliphatic heterocycles. The minimum atomic E-state index is -0.633. The number of carbonyl (C=O) groups is 3. The molecule has 12 nitrogen and oxygen atoms in total. The Balaban J connectivity index is 0.889. The number of aromatic nitrogens is 3. The van der Waals surface area contributed by atoms with Crippen LogP contribution in [0.3, 0.4) is 0 Å². The second-order valence-electron chi connectivity index (χ2n) is 15.5. The van der Waals surface area contributed by atoms with Gasteiger partial charge in [0.1, 0.15) is 5.82 Å². The molecule has 3 N–H and O–H groups in total. The lowest BCUT2D eigenvalue weighted by molar-refractivity contribution is -0.151. The van der Waals surface area contributed by atoms with Gasteiger partial charge in [-0.1, -0.05) is 48.5 Å². The lowest BCUT2D eigenvalue weighted by Gasteiger charge is -2.30. The van der Waals surface area contributed by atoms with Crippen LogP contribution in [-0.4, -0.2) is 70.2 Å². The van der Waals surface area contributed by atoms with Crippen molar-refractivity contribution in [1.29, 1.82) is 0 Å². The average Bonchev–Trinajstić information content (AvgIpc) is 4.10. The van der Waals surface area contributed by atoms with Crippen LogP contribution in [0.15, 0.2) is 90.4 Å². The summed E-state index contributed by atoms with van der Waals surface area (Å²) in [4.78, 5) is 58.3. The lowest BCUT2D eigenvalue weighted by atomic mass is 9.75. The highest BCUT2D eigenvalue weighted by Gasteiger charge is 2.53. The molecule has 3 fully saturated rings.